The lowest BCUT2D eigenvalue weighted by atomic mass is 9.80. The molecule has 2 fully saturated rings. The van der Waals surface area contributed by atoms with Gasteiger partial charge in [-0.1, -0.05) is 11.6 Å². The minimum Gasteiger partial charge on any atom is -0.384 e. The number of likely N-dealkylation sites (tertiary alicyclic amines) is 1. The lowest BCUT2D eigenvalue weighted by Gasteiger charge is -2.48. The maximum atomic E-state index is 12.5. The number of thiazole rings is 1. The minimum absolute atomic E-state index is 0.00989. The zero-order chi connectivity index (χ0) is 22.3. The van der Waals surface area contributed by atoms with Crippen LogP contribution in [0.1, 0.15) is 36.1 Å². The van der Waals surface area contributed by atoms with E-state index >= 15 is 0 Å². The first-order valence-corrected chi connectivity index (χ1v) is 12.1. The Hall–Kier alpha value is -2.49. The first-order chi connectivity index (χ1) is 15.4. The fourth-order valence-corrected chi connectivity index (χ4v) is 5.77. The standard InChI is InChI=1S/C23H30N6O2S/c1-15-3-4-19-18(9-15)22(27-28(19)2)25-11-21(30)26-16-12-29(13-16)17-5-7-23(31,8-6-17)20-10-24-14-32-20/h3-4,9-10,14,16-17,31H,5-8,11-13H2,1-2H3,(H,25,27)(H,26,30)/t17-,23-. The number of nitrogens with zero attached hydrogens (tertiary/aromatic N) is 4. The summed E-state index contributed by atoms with van der Waals surface area (Å²) in [6, 6.07) is 6.88. The van der Waals surface area contributed by atoms with E-state index in [2.05, 4.69) is 50.7 Å². The summed E-state index contributed by atoms with van der Waals surface area (Å²) in [4.78, 5) is 20.0. The molecule has 5 rings (SSSR count). The molecule has 0 unspecified atom stereocenters. The molecule has 8 nitrogen and oxygen atoms in total. The van der Waals surface area contributed by atoms with E-state index in [1.807, 2.05) is 11.7 Å². The number of aliphatic hydroxyl groups is 1. The number of aryl methyl sites for hydroxylation is 2. The van der Waals surface area contributed by atoms with Crippen molar-refractivity contribution in [2.45, 2.75) is 50.3 Å². The Bertz CT molecular complexity index is 1100. The topological polar surface area (TPSA) is 95.3 Å². The summed E-state index contributed by atoms with van der Waals surface area (Å²) in [7, 11) is 1.91. The SMILES string of the molecule is Cc1ccc2c(c1)c(NCC(=O)NC1CN([C@H]3CC[C@@](O)(c4cncs4)CC3)C1)nn2C. The van der Waals surface area contributed by atoms with E-state index < -0.39 is 5.60 Å². The molecule has 3 N–H and O–H groups in total. The van der Waals surface area contributed by atoms with Gasteiger partial charge in [-0.15, -0.1) is 11.3 Å². The van der Waals surface area contributed by atoms with E-state index in [9.17, 15) is 9.90 Å². The van der Waals surface area contributed by atoms with E-state index in [4.69, 9.17) is 0 Å². The van der Waals surface area contributed by atoms with Crippen molar-refractivity contribution in [2.75, 3.05) is 25.0 Å². The average Bonchev–Trinajstić information content (AvgIpc) is 3.39. The normalized spacial score (nSPS) is 24.4. The Morgan fingerprint density at radius 2 is 2.09 bits per heavy atom. The summed E-state index contributed by atoms with van der Waals surface area (Å²) in [6.45, 7) is 4.02. The number of amides is 1. The highest BCUT2D eigenvalue weighted by Crippen LogP contribution is 2.40. The molecule has 0 bridgehead atoms. The Kier molecular flexibility index (Phi) is 5.65. The fourth-order valence-electron chi connectivity index (χ4n) is 4.99. The van der Waals surface area contributed by atoms with Crippen LogP contribution in [0.2, 0.25) is 0 Å². The molecule has 32 heavy (non-hydrogen) atoms. The molecule has 0 spiro atoms. The van der Waals surface area contributed by atoms with E-state index in [0.29, 0.717) is 6.04 Å². The van der Waals surface area contributed by atoms with E-state index in [-0.39, 0.29) is 18.5 Å². The third-order valence-corrected chi connectivity index (χ3v) is 7.85. The van der Waals surface area contributed by atoms with Gasteiger partial charge in [-0.2, -0.15) is 5.10 Å². The van der Waals surface area contributed by atoms with Crippen LogP contribution in [0.4, 0.5) is 5.82 Å². The van der Waals surface area contributed by atoms with Crippen LogP contribution in [-0.4, -0.2) is 62.4 Å². The zero-order valence-electron chi connectivity index (χ0n) is 18.5. The van der Waals surface area contributed by atoms with Crippen LogP contribution in [0.15, 0.2) is 29.9 Å². The van der Waals surface area contributed by atoms with Gasteiger partial charge in [0.05, 0.1) is 28.5 Å². The van der Waals surface area contributed by atoms with Crippen molar-refractivity contribution < 1.29 is 9.90 Å². The van der Waals surface area contributed by atoms with Crippen molar-refractivity contribution in [3.05, 3.63) is 40.3 Å². The van der Waals surface area contributed by atoms with Gasteiger partial charge in [-0.3, -0.25) is 19.4 Å². The Balaban J connectivity index is 1.07. The van der Waals surface area contributed by atoms with Crippen LogP contribution < -0.4 is 10.6 Å². The lowest BCUT2D eigenvalue weighted by Crippen LogP contribution is -2.63. The summed E-state index contributed by atoms with van der Waals surface area (Å²) in [5, 5.41) is 22.8. The Labute approximate surface area is 191 Å². The number of carbonyl (C=O) groups excluding carboxylic acids is 1. The highest BCUT2D eigenvalue weighted by atomic mass is 32.1. The second-order valence-electron chi connectivity index (χ2n) is 9.19. The van der Waals surface area contributed by atoms with Crippen LogP contribution in [-0.2, 0) is 17.4 Å². The molecule has 2 aliphatic rings. The van der Waals surface area contributed by atoms with Gasteiger partial charge < -0.3 is 15.7 Å². The lowest BCUT2D eigenvalue weighted by molar-refractivity contribution is -0.121. The number of hydrogen-bond donors (Lipinski definition) is 3. The average molecular weight is 455 g/mol. The number of aromatic nitrogens is 3. The first-order valence-electron chi connectivity index (χ1n) is 11.2. The van der Waals surface area contributed by atoms with Crippen LogP contribution in [0.5, 0.6) is 0 Å². The predicted octanol–water partition coefficient (Wildman–Crippen LogP) is 2.38. The van der Waals surface area contributed by atoms with Gasteiger partial charge in [0.15, 0.2) is 5.82 Å². The number of fused-ring (bicyclic) bond motifs is 1. The molecule has 1 aliphatic carbocycles. The second kappa shape index (κ2) is 8.46. The quantitative estimate of drug-likeness (QED) is 0.529. The van der Waals surface area contributed by atoms with E-state index in [0.717, 1.165) is 60.4 Å². The monoisotopic (exact) mass is 454 g/mol. The third-order valence-electron chi connectivity index (χ3n) is 6.89. The predicted molar refractivity (Wildman–Crippen MR) is 126 cm³/mol. The van der Waals surface area contributed by atoms with Gasteiger partial charge in [0.25, 0.3) is 0 Å². The van der Waals surface area contributed by atoms with Gasteiger partial charge >= 0.3 is 0 Å². The molecule has 1 aliphatic heterocycles. The zero-order valence-corrected chi connectivity index (χ0v) is 19.4. The summed E-state index contributed by atoms with van der Waals surface area (Å²) >= 11 is 1.54. The maximum absolute atomic E-state index is 12.5. The van der Waals surface area contributed by atoms with Gasteiger partial charge in [0, 0.05) is 37.8 Å². The Morgan fingerprint density at radius 3 is 2.81 bits per heavy atom. The van der Waals surface area contributed by atoms with Crippen molar-refractivity contribution in [3.8, 4) is 0 Å². The van der Waals surface area contributed by atoms with Crippen LogP contribution >= 0.6 is 11.3 Å². The summed E-state index contributed by atoms with van der Waals surface area (Å²) < 4.78 is 1.83. The van der Waals surface area contributed by atoms with Crippen LogP contribution in [0, 0.1) is 6.92 Å². The summed E-state index contributed by atoms with van der Waals surface area (Å²) in [5.74, 6) is 0.733. The molecular weight excluding hydrogens is 424 g/mol. The van der Waals surface area contributed by atoms with E-state index in [1.54, 1.807) is 11.7 Å². The second-order valence-corrected chi connectivity index (χ2v) is 10.1. The van der Waals surface area contributed by atoms with Gasteiger partial charge in [0.2, 0.25) is 5.91 Å². The van der Waals surface area contributed by atoms with Crippen molar-refractivity contribution >= 4 is 34.0 Å². The minimum atomic E-state index is -0.712. The molecule has 1 saturated carbocycles. The highest BCUT2D eigenvalue weighted by Gasteiger charge is 2.41. The molecular formula is C23H30N6O2S. The number of carbonyl (C=O) groups is 1. The van der Waals surface area contributed by atoms with Gasteiger partial charge in [-0.05, 0) is 44.7 Å². The van der Waals surface area contributed by atoms with Crippen molar-refractivity contribution in [3.63, 3.8) is 0 Å². The maximum Gasteiger partial charge on any atom is 0.239 e. The van der Waals surface area contributed by atoms with Crippen molar-refractivity contribution in [1.29, 1.82) is 0 Å². The Morgan fingerprint density at radius 1 is 1.31 bits per heavy atom. The van der Waals surface area contributed by atoms with Gasteiger partial charge in [-0.25, -0.2) is 0 Å². The molecule has 0 atom stereocenters. The van der Waals surface area contributed by atoms with Crippen LogP contribution in [0.3, 0.4) is 0 Å². The number of rotatable bonds is 6. The fraction of sp³-hybridized carbons (Fsp3) is 0.522. The number of hydrogen-bond acceptors (Lipinski definition) is 7. The molecule has 2 aromatic heterocycles. The van der Waals surface area contributed by atoms with Gasteiger partial charge in [0.1, 0.15) is 5.60 Å². The smallest absolute Gasteiger partial charge is 0.239 e. The molecule has 1 amide bonds. The molecule has 170 valence electrons. The van der Waals surface area contributed by atoms with Crippen LogP contribution in [0.25, 0.3) is 10.9 Å². The number of benzene rings is 1. The largest absolute Gasteiger partial charge is 0.384 e. The summed E-state index contributed by atoms with van der Waals surface area (Å²) in [5.41, 5.74) is 3.29. The number of anilines is 1. The molecule has 0 radical (unpaired) electrons. The number of nitrogens with one attached hydrogen (secondary N) is 2. The first kappa shape index (κ1) is 21.4. The van der Waals surface area contributed by atoms with E-state index in [1.165, 1.54) is 16.9 Å². The highest BCUT2D eigenvalue weighted by molar-refractivity contribution is 7.09. The molecule has 1 saturated heterocycles. The van der Waals surface area contributed by atoms with Crippen molar-refractivity contribution in [1.82, 2.24) is 25.0 Å². The summed E-state index contributed by atoms with van der Waals surface area (Å²) in [6.07, 6.45) is 5.29. The molecule has 9 heteroatoms. The molecule has 3 heterocycles. The molecule has 3 aromatic rings. The third kappa shape index (κ3) is 4.12. The van der Waals surface area contributed by atoms with Crippen molar-refractivity contribution in [2.24, 2.45) is 7.05 Å². The molecule has 1 aromatic carbocycles.